The first-order valence-corrected chi connectivity index (χ1v) is 7.90. The first-order chi connectivity index (χ1) is 10.2. The monoisotopic (exact) mass is 326 g/mol. The van der Waals surface area contributed by atoms with Gasteiger partial charge in [0.2, 0.25) is 0 Å². The van der Waals surface area contributed by atoms with Crippen molar-refractivity contribution < 1.29 is 9.53 Å². The van der Waals surface area contributed by atoms with Crippen LogP contribution in [0.15, 0.2) is 24.3 Å². The van der Waals surface area contributed by atoms with E-state index in [4.69, 9.17) is 4.74 Å². The van der Waals surface area contributed by atoms with Crippen LogP contribution in [0.1, 0.15) is 37.0 Å². The number of carbonyl (C=O) groups excluding carboxylic acids is 1. The first kappa shape index (κ1) is 18.9. The summed E-state index contributed by atoms with van der Waals surface area (Å²) in [7, 11) is 0. The van der Waals surface area contributed by atoms with Gasteiger partial charge in [-0.25, -0.2) is 0 Å². The fourth-order valence-electron chi connectivity index (χ4n) is 2.87. The summed E-state index contributed by atoms with van der Waals surface area (Å²) in [5.41, 5.74) is 0.669. The molecule has 1 aromatic carbocycles. The van der Waals surface area contributed by atoms with Crippen LogP contribution in [0.2, 0.25) is 0 Å². The average Bonchev–Trinajstić information content (AvgIpc) is 3.01. The lowest BCUT2D eigenvalue weighted by Crippen LogP contribution is -2.40. The Morgan fingerprint density at radius 3 is 2.77 bits per heavy atom. The topological polar surface area (TPSA) is 41.6 Å². The summed E-state index contributed by atoms with van der Waals surface area (Å²) in [6.45, 7) is 8.61. The van der Waals surface area contributed by atoms with Gasteiger partial charge in [-0.15, -0.1) is 12.4 Å². The number of Topliss-reactive ketones (excluding diaryl/α,β-unsaturated/α-hetero) is 1. The van der Waals surface area contributed by atoms with Crippen LogP contribution in [0.5, 0.6) is 5.75 Å². The van der Waals surface area contributed by atoms with Crippen molar-refractivity contribution in [3.63, 3.8) is 0 Å². The molecule has 0 aromatic heterocycles. The largest absolute Gasteiger partial charge is 0.491 e. The molecule has 1 N–H and O–H groups in total. The lowest BCUT2D eigenvalue weighted by molar-refractivity contribution is 0.101. The van der Waals surface area contributed by atoms with Gasteiger partial charge in [-0.3, -0.25) is 9.69 Å². The minimum absolute atomic E-state index is 0. The summed E-state index contributed by atoms with van der Waals surface area (Å²) in [6, 6.07) is 8.10. The Kier molecular flexibility index (Phi) is 8.46. The van der Waals surface area contributed by atoms with E-state index in [1.54, 1.807) is 6.92 Å². The van der Waals surface area contributed by atoms with Gasteiger partial charge in [0.05, 0.1) is 5.56 Å². The maximum atomic E-state index is 11.6. The summed E-state index contributed by atoms with van der Waals surface area (Å²) in [5, 5.41) is 3.42. The molecule has 0 spiro atoms. The number of ether oxygens (including phenoxy) is 1. The standard InChI is InChI=1S/C17H26N2O2.ClH/c1-3-10-19(15-8-9-18-13-15)11-12-21-17-7-5-4-6-16(17)14(2)20;/h4-7,15,18H,3,8-13H2,1-2H3;1H. The lowest BCUT2D eigenvalue weighted by Gasteiger charge is -2.27. The van der Waals surface area contributed by atoms with Gasteiger partial charge in [-0.05, 0) is 45.0 Å². The van der Waals surface area contributed by atoms with E-state index in [0.29, 0.717) is 24.0 Å². The maximum Gasteiger partial charge on any atom is 0.163 e. The van der Waals surface area contributed by atoms with Crippen molar-refractivity contribution >= 4 is 18.2 Å². The van der Waals surface area contributed by atoms with Crippen molar-refractivity contribution in [3.8, 4) is 5.75 Å². The van der Waals surface area contributed by atoms with Crippen LogP contribution in [0, 0.1) is 0 Å². The van der Waals surface area contributed by atoms with Crippen molar-refractivity contribution in [2.75, 3.05) is 32.8 Å². The molecular formula is C17H27ClN2O2. The molecule has 1 aliphatic rings. The number of halogens is 1. The normalized spacial score (nSPS) is 17.3. The Bertz CT molecular complexity index is 462. The second-order valence-corrected chi connectivity index (χ2v) is 5.58. The highest BCUT2D eigenvalue weighted by Gasteiger charge is 2.21. The number of hydrogen-bond acceptors (Lipinski definition) is 4. The van der Waals surface area contributed by atoms with Gasteiger partial charge in [0.25, 0.3) is 0 Å². The molecule has 0 radical (unpaired) electrons. The first-order valence-electron chi connectivity index (χ1n) is 7.90. The van der Waals surface area contributed by atoms with E-state index in [1.807, 2.05) is 24.3 Å². The van der Waals surface area contributed by atoms with E-state index < -0.39 is 0 Å². The van der Waals surface area contributed by atoms with Crippen LogP contribution in [0.4, 0.5) is 0 Å². The Morgan fingerprint density at radius 2 is 2.14 bits per heavy atom. The summed E-state index contributed by atoms with van der Waals surface area (Å²) in [4.78, 5) is 14.1. The van der Waals surface area contributed by atoms with Crippen LogP contribution >= 0.6 is 12.4 Å². The second kappa shape index (κ2) is 9.82. The molecule has 0 amide bonds. The number of hydrogen-bond donors (Lipinski definition) is 1. The zero-order valence-electron chi connectivity index (χ0n) is 13.5. The predicted molar refractivity (Wildman–Crippen MR) is 92.3 cm³/mol. The predicted octanol–water partition coefficient (Wildman–Crippen LogP) is 2.76. The van der Waals surface area contributed by atoms with Crippen LogP contribution in [-0.2, 0) is 0 Å². The van der Waals surface area contributed by atoms with Crippen molar-refractivity contribution in [2.45, 2.75) is 32.7 Å². The van der Waals surface area contributed by atoms with Crippen molar-refractivity contribution in [1.82, 2.24) is 10.2 Å². The molecule has 1 aliphatic heterocycles. The highest BCUT2D eigenvalue weighted by Crippen LogP contribution is 2.18. The number of nitrogens with zero attached hydrogens (tertiary/aromatic N) is 1. The highest BCUT2D eigenvalue weighted by atomic mass is 35.5. The summed E-state index contributed by atoms with van der Waals surface area (Å²) in [5.74, 6) is 0.752. The zero-order valence-corrected chi connectivity index (χ0v) is 14.3. The third kappa shape index (κ3) is 5.27. The minimum Gasteiger partial charge on any atom is -0.491 e. The van der Waals surface area contributed by atoms with E-state index in [1.165, 1.54) is 6.42 Å². The fraction of sp³-hybridized carbons (Fsp3) is 0.588. The van der Waals surface area contributed by atoms with E-state index in [9.17, 15) is 4.79 Å². The molecule has 1 fully saturated rings. The van der Waals surface area contributed by atoms with Gasteiger partial charge in [0, 0.05) is 19.1 Å². The third-order valence-electron chi connectivity index (χ3n) is 3.96. The van der Waals surface area contributed by atoms with E-state index in [0.717, 1.165) is 32.6 Å². The molecule has 0 aliphatic carbocycles. The van der Waals surface area contributed by atoms with Gasteiger partial charge in [-0.1, -0.05) is 19.1 Å². The van der Waals surface area contributed by atoms with Crippen molar-refractivity contribution in [1.29, 1.82) is 0 Å². The molecule has 1 atom stereocenters. The van der Waals surface area contributed by atoms with Gasteiger partial charge >= 0.3 is 0 Å². The van der Waals surface area contributed by atoms with E-state index >= 15 is 0 Å². The van der Waals surface area contributed by atoms with Gasteiger partial charge in [0.15, 0.2) is 5.78 Å². The van der Waals surface area contributed by atoms with Gasteiger partial charge < -0.3 is 10.1 Å². The lowest BCUT2D eigenvalue weighted by atomic mass is 10.1. The average molecular weight is 327 g/mol. The van der Waals surface area contributed by atoms with Crippen LogP contribution in [0.25, 0.3) is 0 Å². The molecular weight excluding hydrogens is 300 g/mol. The van der Waals surface area contributed by atoms with Crippen LogP contribution < -0.4 is 10.1 Å². The highest BCUT2D eigenvalue weighted by molar-refractivity contribution is 5.96. The third-order valence-corrected chi connectivity index (χ3v) is 3.96. The molecule has 2 rings (SSSR count). The molecule has 1 unspecified atom stereocenters. The number of ketones is 1. The van der Waals surface area contributed by atoms with E-state index in [-0.39, 0.29) is 18.2 Å². The van der Waals surface area contributed by atoms with Gasteiger partial charge in [0.1, 0.15) is 12.4 Å². The van der Waals surface area contributed by atoms with E-state index in [2.05, 4.69) is 17.1 Å². The number of para-hydroxylation sites is 1. The molecule has 22 heavy (non-hydrogen) atoms. The number of benzene rings is 1. The van der Waals surface area contributed by atoms with Crippen molar-refractivity contribution in [3.05, 3.63) is 29.8 Å². The number of rotatable bonds is 8. The Hall–Kier alpha value is -1.10. The molecule has 5 heteroatoms. The van der Waals surface area contributed by atoms with Crippen molar-refractivity contribution in [2.24, 2.45) is 0 Å². The molecule has 0 saturated carbocycles. The second-order valence-electron chi connectivity index (χ2n) is 5.58. The molecule has 124 valence electrons. The SMILES string of the molecule is CCCN(CCOc1ccccc1C(C)=O)C1CCNC1.Cl. The summed E-state index contributed by atoms with van der Waals surface area (Å²) >= 11 is 0. The molecule has 1 heterocycles. The zero-order chi connectivity index (χ0) is 15.1. The Labute approximate surface area is 139 Å². The summed E-state index contributed by atoms with van der Waals surface area (Å²) < 4.78 is 5.85. The van der Waals surface area contributed by atoms with Crippen LogP contribution in [0.3, 0.4) is 0 Å². The molecule has 0 bridgehead atoms. The Balaban J connectivity index is 0.00000242. The number of carbonyl (C=O) groups is 1. The maximum absolute atomic E-state index is 11.6. The van der Waals surface area contributed by atoms with Crippen LogP contribution in [-0.4, -0.2) is 49.5 Å². The Morgan fingerprint density at radius 1 is 1.36 bits per heavy atom. The quantitative estimate of drug-likeness (QED) is 0.746. The molecule has 4 nitrogen and oxygen atoms in total. The smallest absolute Gasteiger partial charge is 0.163 e. The molecule has 1 saturated heterocycles. The summed E-state index contributed by atoms with van der Waals surface area (Å²) in [6.07, 6.45) is 2.37. The number of nitrogens with one attached hydrogen (secondary N) is 1. The minimum atomic E-state index is 0. The molecule has 1 aromatic rings. The van der Waals surface area contributed by atoms with Gasteiger partial charge in [-0.2, -0.15) is 0 Å². The fourth-order valence-corrected chi connectivity index (χ4v) is 2.87.